The van der Waals surface area contributed by atoms with Gasteiger partial charge in [0.25, 0.3) is 0 Å². The monoisotopic (exact) mass is 231 g/mol. The van der Waals surface area contributed by atoms with Gasteiger partial charge >= 0.3 is 6.09 Å². The summed E-state index contributed by atoms with van der Waals surface area (Å²) in [6.07, 6.45) is 0.590. The summed E-state index contributed by atoms with van der Waals surface area (Å²) >= 11 is 0. The third-order valence-electron chi connectivity index (χ3n) is 2.60. The number of carbonyl (C=O) groups excluding carboxylic acids is 1. The lowest BCUT2D eigenvalue weighted by Gasteiger charge is -2.35. The zero-order valence-electron chi connectivity index (χ0n) is 10.2. The second-order valence-electron chi connectivity index (χ2n) is 4.63. The molecule has 1 aliphatic rings. The van der Waals surface area contributed by atoms with Crippen molar-refractivity contribution in [1.82, 2.24) is 4.90 Å². The lowest BCUT2D eigenvalue weighted by atomic mass is 9.94. The van der Waals surface area contributed by atoms with Crippen molar-refractivity contribution >= 4 is 6.09 Å². The van der Waals surface area contributed by atoms with Crippen molar-refractivity contribution in [3.8, 4) is 0 Å². The van der Waals surface area contributed by atoms with Crippen molar-refractivity contribution in [3.63, 3.8) is 0 Å². The van der Waals surface area contributed by atoms with Crippen LogP contribution in [0.25, 0.3) is 0 Å². The van der Waals surface area contributed by atoms with E-state index in [0.29, 0.717) is 32.6 Å². The highest BCUT2D eigenvalue weighted by Crippen LogP contribution is 2.21. The Balaban J connectivity index is 2.42. The molecule has 0 spiro atoms. The second kappa shape index (κ2) is 5.50. The number of ether oxygens (including phenoxy) is 2. The molecule has 0 aromatic carbocycles. The van der Waals surface area contributed by atoms with Crippen LogP contribution in [0, 0.1) is 0 Å². The fourth-order valence-electron chi connectivity index (χ4n) is 1.71. The normalized spacial score (nSPS) is 19.6. The van der Waals surface area contributed by atoms with E-state index in [0.717, 1.165) is 0 Å². The van der Waals surface area contributed by atoms with Gasteiger partial charge in [0.05, 0.1) is 18.2 Å². The molecule has 1 amide bonds. The first kappa shape index (κ1) is 13.3. The molecule has 0 bridgehead atoms. The van der Waals surface area contributed by atoms with E-state index < -0.39 is 11.7 Å². The Morgan fingerprint density at radius 1 is 1.50 bits per heavy atom. The SMILES string of the molecule is CC(C)OC(=O)N(C)CC1(O)CCOCC1. The summed E-state index contributed by atoms with van der Waals surface area (Å²) in [6.45, 7) is 4.98. The van der Waals surface area contributed by atoms with Gasteiger partial charge in [-0.2, -0.15) is 0 Å². The molecular weight excluding hydrogens is 210 g/mol. The Labute approximate surface area is 96.3 Å². The molecule has 0 atom stereocenters. The summed E-state index contributed by atoms with van der Waals surface area (Å²) in [5.41, 5.74) is -0.830. The molecule has 0 saturated carbocycles. The van der Waals surface area contributed by atoms with Gasteiger partial charge in [-0.25, -0.2) is 4.79 Å². The molecule has 5 nitrogen and oxygen atoms in total. The van der Waals surface area contributed by atoms with Crippen LogP contribution in [0.3, 0.4) is 0 Å². The number of hydrogen-bond donors (Lipinski definition) is 1. The fourth-order valence-corrected chi connectivity index (χ4v) is 1.71. The van der Waals surface area contributed by atoms with Crippen LogP contribution in [0.15, 0.2) is 0 Å². The molecule has 0 aromatic heterocycles. The minimum Gasteiger partial charge on any atom is -0.447 e. The molecule has 1 aliphatic heterocycles. The van der Waals surface area contributed by atoms with Gasteiger partial charge in [0, 0.05) is 33.1 Å². The standard InChI is InChI=1S/C11H21NO4/c1-9(2)16-10(13)12(3)8-11(14)4-6-15-7-5-11/h9,14H,4-8H2,1-3H3. The highest BCUT2D eigenvalue weighted by molar-refractivity contribution is 5.67. The van der Waals surface area contributed by atoms with Gasteiger partial charge in [-0.3, -0.25) is 0 Å². The molecule has 1 fully saturated rings. The molecule has 1 N–H and O–H groups in total. The van der Waals surface area contributed by atoms with Crippen molar-refractivity contribution in [2.45, 2.75) is 38.4 Å². The number of carbonyl (C=O) groups is 1. The maximum Gasteiger partial charge on any atom is 0.409 e. The quantitative estimate of drug-likeness (QED) is 0.787. The van der Waals surface area contributed by atoms with E-state index >= 15 is 0 Å². The van der Waals surface area contributed by atoms with Crippen LogP contribution in [0.2, 0.25) is 0 Å². The highest BCUT2D eigenvalue weighted by Gasteiger charge is 2.32. The maximum atomic E-state index is 11.5. The number of hydrogen-bond acceptors (Lipinski definition) is 4. The van der Waals surface area contributed by atoms with Crippen molar-refractivity contribution < 1.29 is 19.4 Å². The number of nitrogens with zero attached hydrogens (tertiary/aromatic N) is 1. The molecule has 0 aromatic rings. The summed E-state index contributed by atoms with van der Waals surface area (Å²) in [4.78, 5) is 13.0. The molecule has 5 heteroatoms. The van der Waals surface area contributed by atoms with E-state index in [-0.39, 0.29) is 6.10 Å². The summed E-state index contributed by atoms with van der Waals surface area (Å²) in [7, 11) is 1.64. The first-order valence-corrected chi connectivity index (χ1v) is 5.65. The van der Waals surface area contributed by atoms with Crippen LogP contribution in [-0.2, 0) is 9.47 Å². The average Bonchev–Trinajstić information content (AvgIpc) is 2.16. The van der Waals surface area contributed by atoms with Gasteiger partial charge in [0.15, 0.2) is 0 Å². The number of amides is 1. The van der Waals surface area contributed by atoms with Crippen LogP contribution in [0.4, 0.5) is 4.79 Å². The Morgan fingerprint density at radius 2 is 2.06 bits per heavy atom. The Morgan fingerprint density at radius 3 is 2.56 bits per heavy atom. The zero-order chi connectivity index (χ0) is 12.2. The zero-order valence-corrected chi connectivity index (χ0v) is 10.2. The van der Waals surface area contributed by atoms with Crippen molar-refractivity contribution in [3.05, 3.63) is 0 Å². The van der Waals surface area contributed by atoms with Gasteiger partial charge in [-0.15, -0.1) is 0 Å². The van der Waals surface area contributed by atoms with Gasteiger partial charge in [0.1, 0.15) is 0 Å². The number of rotatable bonds is 3. The summed E-state index contributed by atoms with van der Waals surface area (Å²) in [5, 5.41) is 10.2. The molecule has 1 rings (SSSR count). The molecular formula is C11H21NO4. The molecule has 0 radical (unpaired) electrons. The van der Waals surface area contributed by atoms with Gasteiger partial charge in [-0.1, -0.05) is 0 Å². The van der Waals surface area contributed by atoms with Crippen molar-refractivity contribution in [2.75, 3.05) is 26.8 Å². The molecule has 1 saturated heterocycles. The van der Waals surface area contributed by atoms with E-state index in [1.807, 2.05) is 0 Å². The smallest absolute Gasteiger partial charge is 0.409 e. The topological polar surface area (TPSA) is 59.0 Å². The first-order chi connectivity index (χ1) is 7.43. The third kappa shape index (κ3) is 3.98. The number of aliphatic hydroxyl groups is 1. The van der Waals surface area contributed by atoms with Crippen LogP contribution in [0.1, 0.15) is 26.7 Å². The molecule has 16 heavy (non-hydrogen) atoms. The Kier molecular flexibility index (Phi) is 4.56. The molecule has 94 valence electrons. The minimum absolute atomic E-state index is 0.140. The van der Waals surface area contributed by atoms with E-state index in [2.05, 4.69) is 0 Å². The summed E-state index contributed by atoms with van der Waals surface area (Å²) < 4.78 is 10.2. The average molecular weight is 231 g/mol. The van der Waals surface area contributed by atoms with E-state index in [1.54, 1.807) is 20.9 Å². The van der Waals surface area contributed by atoms with Crippen LogP contribution < -0.4 is 0 Å². The van der Waals surface area contributed by atoms with E-state index in [1.165, 1.54) is 4.90 Å². The lowest BCUT2D eigenvalue weighted by molar-refractivity contribution is -0.0760. The summed E-state index contributed by atoms with van der Waals surface area (Å²) in [6, 6.07) is 0. The summed E-state index contributed by atoms with van der Waals surface area (Å²) in [5.74, 6) is 0. The first-order valence-electron chi connectivity index (χ1n) is 5.65. The number of likely N-dealkylation sites (N-methyl/N-ethyl adjacent to an activating group) is 1. The van der Waals surface area contributed by atoms with E-state index in [4.69, 9.17) is 9.47 Å². The maximum absolute atomic E-state index is 11.5. The Hall–Kier alpha value is -0.810. The van der Waals surface area contributed by atoms with Crippen LogP contribution in [-0.4, -0.2) is 54.6 Å². The van der Waals surface area contributed by atoms with Gasteiger partial charge < -0.3 is 19.5 Å². The van der Waals surface area contributed by atoms with E-state index in [9.17, 15) is 9.90 Å². The largest absolute Gasteiger partial charge is 0.447 e. The molecule has 1 heterocycles. The lowest BCUT2D eigenvalue weighted by Crippen LogP contribution is -2.47. The highest BCUT2D eigenvalue weighted by atomic mass is 16.6. The second-order valence-corrected chi connectivity index (χ2v) is 4.63. The third-order valence-corrected chi connectivity index (χ3v) is 2.60. The fraction of sp³-hybridized carbons (Fsp3) is 0.909. The predicted octanol–water partition coefficient (Wildman–Crippen LogP) is 1.00. The predicted molar refractivity (Wildman–Crippen MR) is 59.2 cm³/mol. The molecule has 0 aliphatic carbocycles. The minimum atomic E-state index is -0.830. The Bertz CT molecular complexity index is 236. The van der Waals surface area contributed by atoms with Crippen molar-refractivity contribution in [1.29, 1.82) is 0 Å². The van der Waals surface area contributed by atoms with Gasteiger partial charge in [0.2, 0.25) is 0 Å². The van der Waals surface area contributed by atoms with Gasteiger partial charge in [-0.05, 0) is 13.8 Å². The van der Waals surface area contributed by atoms with Crippen LogP contribution >= 0.6 is 0 Å². The molecule has 0 unspecified atom stereocenters. The van der Waals surface area contributed by atoms with Crippen molar-refractivity contribution in [2.24, 2.45) is 0 Å². The van der Waals surface area contributed by atoms with Crippen LogP contribution in [0.5, 0.6) is 0 Å².